The van der Waals surface area contributed by atoms with Crippen molar-refractivity contribution in [3.8, 4) is 0 Å². The van der Waals surface area contributed by atoms with E-state index in [0.29, 0.717) is 16.4 Å². The van der Waals surface area contributed by atoms with E-state index in [0.717, 1.165) is 0 Å². The first kappa shape index (κ1) is 13.1. The van der Waals surface area contributed by atoms with Gasteiger partial charge in [0.1, 0.15) is 5.25 Å². The second kappa shape index (κ2) is 4.42. The van der Waals surface area contributed by atoms with Gasteiger partial charge in [-0.25, -0.2) is 13.6 Å². The van der Waals surface area contributed by atoms with Crippen molar-refractivity contribution in [3.63, 3.8) is 0 Å². The lowest BCUT2D eigenvalue weighted by Crippen LogP contribution is -2.32. The van der Waals surface area contributed by atoms with Crippen molar-refractivity contribution in [2.75, 3.05) is 17.2 Å². The highest BCUT2D eigenvalue weighted by Gasteiger charge is 2.38. The number of hydrogen-bond donors (Lipinski definition) is 2. The molecule has 1 aromatic rings. The molecule has 6 nitrogen and oxygen atoms in total. The molecule has 1 unspecified atom stereocenters. The molecule has 1 aliphatic heterocycles. The maximum Gasteiger partial charge on any atom is 0.228 e. The van der Waals surface area contributed by atoms with Crippen molar-refractivity contribution < 1.29 is 13.2 Å². The van der Waals surface area contributed by atoms with Crippen LogP contribution in [0, 0.1) is 0 Å². The Hall–Kier alpha value is -1.31. The quantitative estimate of drug-likeness (QED) is 0.764. The van der Waals surface area contributed by atoms with Crippen LogP contribution in [-0.2, 0) is 14.8 Å². The molecule has 0 bridgehead atoms. The average Bonchev–Trinajstić information content (AvgIpc) is 2.60. The van der Waals surface area contributed by atoms with Gasteiger partial charge in [-0.2, -0.15) is 0 Å². The molecule has 0 aliphatic carbocycles. The summed E-state index contributed by atoms with van der Waals surface area (Å²) in [5, 5.41) is 4.44. The smallest absolute Gasteiger partial charge is 0.228 e. The van der Waals surface area contributed by atoms with Crippen LogP contribution in [0.3, 0.4) is 0 Å². The molecule has 98 valence electrons. The van der Waals surface area contributed by atoms with Gasteiger partial charge in [0, 0.05) is 13.0 Å². The maximum atomic E-state index is 11.8. The van der Waals surface area contributed by atoms with E-state index in [1.807, 2.05) is 0 Å². The SMILES string of the molecule is Nc1cccc(Cl)c1N1CC(S(N)(=O)=O)CC1=O. The highest BCUT2D eigenvalue weighted by atomic mass is 35.5. The van der Waals surface area contributed by atoms with Gasteiger partial charge in [0.15, 0.2) is 0 Å². The van der Waals surface area contributed by atoms with Crippen LogP contribution >= 0.6 is 11.6 Å². The number of nitrogen functional groups attached to an aromatic ring is 1. The molecule has 0 spiro atoms. The fourth-order valence-electron chi connectivity index (χ4n) is 1.93. The molecule has 2 rings (SSSR count). The Balaban J connectivity index is 2.39. The third-order valence-corrected chi connectivity index (χ3v) is 4.39. The van der Waals surface area contributed by atoms with Gasteiger partial charge < -0.3 is 10.6 Å². The average molecular weight is 290 g/mol. The molecule has 1 fully saturated rings. The Morgan fingerprint density at radius 2 is 2.06 bits per heavy atom. The molecule has 1 aliphatic rings. The number of primary sulfonamides is 1. The van der Waals surface area contributed by atoms with E-state index >= 15 is 0 Å². The number of hydrogen-bond acceptors (Lipinski definition) is 4. The third-order valence-electron chi connectivity index (χ3n) is 2.84. The Morgan fingerprint density at radius 3 is 2.56 bits per heavy atom. The van der Waals surface area contributed by atoms with Gasteiger partial charge in [-0.05, 0) is 12.1 Å². The number of nitrogens with two attached hydrogens (primary N) is 2. The van der Waals surface area contributed by atoms with Crippen molar-refractivity contribution in [2.24, 2.45) is 5.14 Å². The van der Waals surface area contributed by atoms with Crippen LogP contribution in [0.4, 0.5) is 11.4 Å². The summed E-state index contributed by atoms with van der Waals surface area (Å²) in [5.74, 6) is -0.353. The first-order chi connectivity index (χ1) is 8.30. The first-order valence-corrected chi connectivity index (χ1v) is 7.15. The normalized spacial score (nSPS) is 20.4. The molecule has 4 N–H and O–H groups in total. The number of rotatable bonds is 2. The molecule has 0 aromatic heterocycles. The van der Waals surface area contributed by atoms with Crippen molar-refractivity contribution in [3.05, 3.63) is 23.2 Å². The summed E-state index contributed by atoms with van der Waals surface area (Å²) in [6.45, 7) is -0.0222. The van der Waals surface area contributed by atoms with Crippen molar-refractivity contribution in [2.45, 2.75) is 11.7 Å². The lowest BCUT2D eigenvalue weighted by Gasteiger charge is -2.19. The number of para-hydroxylation sites is 1. The molecule has 0 radical (unpaired) electrons. The van der Waals surface area contributed by atoms with Crippen molar-refractivity contribution in [1.82, 2.24) is 0 Å². The third kappa shape index (κ3) is 2.29. The molecule has 1 aromatic carbocycles. The second-order valence-corrected chi connectivity index (χ2v) is 6.35. The predicted molar refractivity (Wildman–Crippen MR) is 69.7 cm³/mol. The first-order valence-electron chi connectivity index (χ1n) is 5.16. The number of anilines is 2. The van der Waals surface area contributed by atoms with Crippen LogP contribution in [0.1, 0.15) is 6.42 Å². The Kier molecular flexibility index (Phi) is 3.22. The van der Waals surface area contributed by atoms with E-state index in [1.54, 1.807) is 18.2 Å². The number of amides is 1. The van der Waals surface area contributed by atoms with Crippen LogP contribution < -0.4 is 15.8 Å². The number of nitrogens with zero attached hydrogens (tertiary/aromatic N) is 1. The van der Waals surface area contributed by atoms with Gasteiger partial charge in [0.2, 0.25) is 15.9 Å². The molecular formula is C10H12ClN3O3S. The minimum atomic E-state index is -3.75. The van der Waals surface area contributed by atoms with Gasteiger partial charge in [0.05, 0.1) is 16.4 Å². The predicted octanol–water partition coefficient (Wildman–Crippen LogP) is 0.316. The standard InChI is InChI=1S/C10H12ClN3O3S/c11-7-2-1-3-8(12)10(7)14-5-6(4-9(14)15)18(13,16)17/h1-3,6H,4-5,12H2,(H2,13,16,17). The highest BCUT2D eigenvalue weighted by molar-refractivity contribution is 7.89. The minimum Gasteiger partial charge on any atom is -0.397 e. The molecule has 0 saturated carbocycles. The van der Waals surface area contributed by atoms with E-state index in [2.05, 4.69) is 0 Å². The van der Waals surface area contributed by atoms with Gasteiger partial charge in [-0.1, -0.05) is 17.7 Å². The maximum absolute atomic E-state index is 11.8. The highest BCUT2D eigenvalue weighted by Crippen LogP contribution is 2.35. The molecule has 8 heteroatoms. The van der Waals surface area contributed by atoms with E-state index in [4.69, 9.17) is 22.5 Å². The summed E-state index contributed by atoms with van der Waals surface area (Å²) >= 11 is 5.98. The topological polar surface area (TPSA) is 106 Å². The molecule has 18 heavy (non-hydrogen) atoms. The number of benzene rings is 1. The van der Waals surface area contributed by atoms with Crippen LogP contribution in [0.25, 0.3) is 0 Å². The van der Waals surface area contributed by atoms with Gasteiger partial charge in [0.25, 0.3) is 0 Å². The molecule has 1 heterocycles. The van der Waals surface area contributed by atoms with Crippen LogP contribution in [-0.4, -0.2) is 26.1 Å². The summed E-state index contributed by atoms with van der Waals surface area (Å²) in [6.07, 6.45) is -0.149. The van der Waals surface area contributed by atoms with Crippen LogP contribution in [0.15, 0.2) is 18.2 Å². The van der Waals surface area contributed by atoms with E-state index < -0.39 is 15.3 Å². The summed E-state index contributed by atoms with van der Waals surface area (Å²) < 4.78 is 22.5. The number of sulfonamides is 1. The second-order valence-electron chi connectivity index (χ2n) is 4.10. The Labute approximate surface area is 110 Å². The number of carbonyl (C=O) groups is 1. The van der Waals surface area contributed by atoms with E-state index in [1.165, 1.54) is 4.90 Å². The summed E-state index contributed by atoms with van der Waals surface area (Å²) in [7, 11) is -3.75. The summed E-state index contributed by atoms with van der Waals surface area (Å²) in [5.41, 5.74) is 6.43. The Morgan fingerprint density at radius 1 is 1.39 bits per heavy atom. The zero-order valence-corrected chi connectivity index (χ0v) is 10.9. The molecular weight excluding hydrogens is 278 g/mol. The minimum absolute atomic E-state index is 0.0222. The van der Waals surface area contributed by atoms with Gasteiger partial charge in [-0.3, -0.25) is 4.79 Å². The monoisotopic (exact) mass is 289 g/mol. The summed E-state index contributed by atoms with van der Waals surface area (Å²) in [4.78, 5) is 13.1. The lowest BCUT2D eigenvalue weighted by molar-refractivity contribution is -0.117. The largest absolute Gasteiger partial charge is 0.397 e. The van der Waals surface area contributed by atoms with Crippen molar-refractivity contribution >= 4 is 38.9 Å². The van der Waals surface area contributed by atoms with E-state index in [-0.39, 0.29) is 18.9 Å². The van der Waals surface area contributed by atoms with Crippen molar-refractivity contribution in [1.29, 1.82) is 0 Å². The van der Waals surface area contributed by atoms with Gasteiger partial charge in [-0.15, -0.1) is 0 Å². The Bertz CT molecular complexity index is 582. The fourth-order valence-corrected chi connectivity index (χ4v) is 2.94. The number of carbonyl (C=O) groups excluding carboxylic acids is 1. The fraction of sp³-hybridized carbons (Fsp3) is 0.300. The molecule has 1 saturated heterocycles. The summed E-state index contributed by atoms with van der Waals surface area (Å²) in [6, 6.07) is 4.84. The zero-order valence-electron chi connectivity index (χ0n) is 9.34. The lowest BCUT2D eigenvalue weighted by atomic mass is 10.2. The molecule has 1 amide bonds. The number of halogens is 1. The van der Waals surface area contributed by atoms with Gasteiger partial charge >= 0.3 is 0 Å². The molecule has 1 atom stereocenters. The van der Waals surface area contributed by atoms with Crippen LogP contribution in [0.2, 0.25) is 5.02 Å². The van der Waals surface area contributed by atoms with Crippen LogP contribution in [0.5, 0.6) is 0 Å². The zero-order chi connectivity index (χ0) is 13.5. The van der Waals surface area contributed by atoms with E-state index in [9.17, 15) is 13.2 Å².